The average Bonchev–Trinajstić information content (AvgIpc) is 3.07. The van der Waals surface area contributed by atoms with Crippen LogP contribution >= 0.6 is 0 Å². The van der Waals surface area contributed by atoms with E-state index in [-0.39, 0.29) is 13.2 Å². The Balaban J connectivity index is 2.47. The van der Waals surface area contributed by atoms with E-state index in [0.29, 0.717) is 0 Å². The molecule has 1 aromatic heterocycles. The van der Waals surface area contributed by atoms with Crippen LogP contribution in [0.3, 0.4) is 0 Å². The van der Waals surface area contributed by atoms with Crippen molar-refractivity contribution in [1.29, 1.82) is 0 Å². The molecule has 1 atom stereocenters. The molecule has 0 spiro atoms. The van der Waals surface area contributed by atoms with Gasteiger partial charge in [0.15, 0.2) is 5.92 Å². The van der Waals surface area contributed by atoms with Crippen molar-refractivity contribution in [2.75, 3.05) is 13.2 Å². The van der Waals surface area contributed by atoms with E-state index in [1.54, 1.807) is 37.0 Å². The van der Waals surface area contributed by atoms with Crippen molar-refractivity contribution < 1.29 is 19.1 Å². The SMILES string of the molecule is CCOC(=O)C(C(=O)OCC)C(c1ccccc1)n1cccn1. The van der Waals surface area contributed by atoms with Crippen molar-refractivity contribution in [1.82, 2.24) is 9.78 Å². The van der Waals surface area contributed by atoms with Crippen LogP contribution in [0.1, 0.15) is 25.5 Å². The van der Waals surface area contributed by atoms with Crippen molar-refractivity contribution in [3.05, 3.63) is 54.4 Å². The predicted molar refractivity (Wildman–Crippen MR) is 83.6 cm³/mol. The number of ether oxygens (including phenoxy) is 2. The number of carbonyl (C=O) groups excluding carboxylic acids is 2. The lowest BCUT2D eigenvalue weighted by molar-refractivity contribution is -0.163. The highest BCUT2D eigenvalue weighted by atomic mass is 16.6. The molecule has 0 aliphatic carbocycles. The highest BCUT2D eigenvalue weighted by Crippen LogP contribution is 2.28. The molecule has 23 heavy (non-hydrogen) atoms. The molecular weight excluding hydrogens is 296 g/mol. The van der Waals surface area contributed by atoms with Crippen LogP contribution < -0.4 is 0 Å². The maximum atomic E-state index is 12.4. The fourth-order valence-electron chi connectivity index (χ4n) is 2.41. The van der Waals surface area contributed by atoms with Gasteiger partial charge in [0, 0.05) is 12.4 Å². The second-order valence-corrected chi connectivity index (χ2v) is 4.82. The van der Waals surface area contributed by atoms with Gasteiger partial charge in [-0.3, -0.25) is 14.3 Å². The van der Waals surface area contributed by atoms with Gasteiger partial charge in [-0.25, -0.2) is 0 Å². The Kier molecular flexibility index (Phi) is 5.91. The molecule has 0 fully saturated rings. The van der Waals surface area contributed by atoms with Gasteiger partial charge in [-0.15, -0.1) is 0 Å². The van der Waals surface area contributed by atoms with Gasteiger partial charge in [0.05, 0.1) is 13.2 Å². The van der Waals surface area contributed by atoms with E-state index in [1.807, 2.05) is 30.3 Å². The first-order chi connectivity index (χ1) is 11.2. The predicted octanol–water partition coefficient (Wildman–Crippen LogP) is 2.21. The summed E-state index contributed by atoms with van der Waals surface area (Å²) in [5, 5.41) is 4.20. The van der Waals surface area contributed by atoms with E-state index in [0.717, 1.165) is 5.56 Å². The number of esters is 2. The lowest BCUT2D eigenvalue weighted by Gasteiger charge is -2.25. The lowest BCUT2D eigenvalue weighted by Crippen LogP contribution is -2.36. The minimum atomic E-state index is -1.11. The van der Waals surface area contributed by atoms with Gasteiger partial charge >= 0.3 is 11.9 Å². The number of aromatic nitrogens is 2. The first-order valence-electron chi connectivity index (χ1n) is 7.56. The third kappa shape index (κ3) is 3.97. The van der Waals surface area contributed by atoms with Gasteiger partial charge in [0.1, 0.15) is 6.04 Å². The summed E-state index contributed by atoms with van der Waals surface area (Å²) in [4.78, 5) is 24.8. The van der Waals surface area contributed by atoms with E-state index in [9.17, 15) is 9.59 Å². The summed E-state index contributed by atoms with van der Waals surface area (Å²) in [6, 6.07) is 10.4. The smallest absolute Gasteiger partial charge is 0.322 e. The Morgan fingerprint density at radius 3 is 2.13 bits per heavy atom. The second kappa shape index (κ2) is 8.12. The topological polar surface area (TPSA) is 70.4 Å². The van der Waals surface area contributed by atoms with Crippen molar-refractivity contribution in [3.8, 4) is 0 Å². The van der Waals surface area contributed by atoms with E-state index in [4.69, 9.17) is 9.47 Å². The molecule has 1 heterocycles. The van der Waals surface area contributed by atoms with Gasteiger partial charge in [-0.05, 0) is 25.5 Å². The quantitative estimate of drug-likeness (QED) is 0.578. The molecule has 6 nitrogen and oxygen atoms in total. The fourth-order valence-corrected chi connectivity index (χ4v) is 2.41. The Morgan fingerprint density at radius 1 is 1.04 bits per heavy atom. The third-order valence-corrected chi connectivity index (χ3v) is 3.35. The van der Waals surface area contributed by atoms with Crippen LogP contribution in [0.25, 0.3) is 0 Å². The summed E-state index contributed by atoms with van der Waals surface area (Å²) < 4.78 is 11.8. The second-order valence-electron chi connectivity index (χ2n) is 4.82. The first-order valence-corrected chi connectivity index (χ1v) is 7.56. The molecule has 0 radical (unpaired) electrons. The third-order valence-electron chi connectivity index (χ3n) is 3.35. The molecule has 0 amide bonds. The molecule has 2 rings (SSSR count). The van der Waals surface area contributed by atoms with Crippen molar-refractivity contribution in [3.63, 3.8) is 0 Å². The maximum Gasteiger partial charge on any atom is 0.322 e. The minimum Gasteiger partial charge on any atom is -0.465 e. The van der Waals surface area contributed by atoms with E-state index >= 15 is 0 Å². The Morgan fingerprint density at radius 2 is 1.65 bits per heavy atom. The Bertz CT molecular complexity index is 607. The molecule has 1 aromatic carbocycles. The fraction of sp³-hybridized carbons (Fsp3) is 0.353. The lowest BCUT2D eigenvalue weighted by atomic mass is 9.93. The standard InChI is InChI=1S/C17H20N2O4/c1-3-22-16(20)14(17(21)23-4-2)15(19-12-8-11-18-19)13-9-6-5-7-10-13/h5-12,14-15H,3-4H2,1-2H3. The molecule has 1 unspecified atom stereocenters. The molecule has 0 saturated carbocycles. The van der Waals surface area contributed by atoms with E-state index in [2.05, 4.69) is 5.10 Å². The van der Waals surface area contributed by atoms with E-state index < -0.39 is 23.9 Å². The van der Waals surface area contributed by atoms with Gasteiger partial charge in [-0.2, -0.15) is 5.10 Å². The van der Waals surface area contributed by atoms with Gasteiger partial charge < -0.3 is 9.47 Å². The van der Waals surface area contributed by atoms with Crippen LogP contribution in [0, 0.1) is 5.92 Å². The molecule has 2 aromatic rings. The van der Waals surface area contributed by atoms with Crippen LogP contribution in [-0.4, -0.2) is 34.9 Å². The van der Waals surface area contributed by atoms with Gasteiger partial charge in [-0.1, -0.05) is 30.3 Å². The number of benzene rings is 1. The van der Waals surface area contributed by atoms with Crippen molar-refractivity contribution in [2.24, 2.45) is 5.92 Å². The molecule has 0 aliphatic rings. The normalized spacial score (nSPS) is 12.0. The first kappa shape index (κ1) is 16.7. The zero-order valence-corrected chi connectivity index (χ0v) is 13.2. The van der Waals surface area contributed by atoms with Crippen LogP contribution in [0.2, 0.25) is 0 Å². The van der Waals surface area contributed by atoms with E-state index in [1.165, 1.54) is 0 Å². The summed E-state index contributed by atoms with van der Waals surface area (Å²) in [6.07, 6.45) is 3.31. The number of rotatable bonds is 7. The maximum absolute atomic E-state index is 12.4. The number of hydrogen-bond acceptors (Lipinski definition) is 5. The largest absolute Gasteiger partial charge is 0.465 e. The summed E-state index contributed by atoms with van der Waals surface area (Å²) in [7, 11) is 0. The Labute approximate surface area is 135 Å². The number of hydrogen-bond donors (Lipinski definition) is 0. The van der Waals surface area contributed by atoms with Gasteiger partial charge in [0.25, 0.3) is 0 Å². The molecule has 0 N–H and O–H groups in total. The summed E-state index contributed by atoms with van der Waals surface area (Å²) in [5.74, 6) is -2.34. The van der Waals surface area contributed by atoms with Crippen LogP contribution in [0.4, 0.5) is 0 Å². The number of carbonyl (C=O) groups is 2. The van der Waals surface area contributed by atoms with Gasteiger partial charge in [0.2, 0.25) is 0 Å². The molecule has 122 valence electrons. The van der Waals surface area contributed by atoms with Crippen molar-refractivity contribution in [2.45, 2.75) is 19.9 Å². The molecule has 6 heteroatoms. The highest BCUT2D eigenvalue weighted by Gasteiger charge is 2.40. The van der Waals surface area contributed by atoms with Crippen molar-refractivity contribution >= 4 is 11.9 Å². The molecular formula is C17H20N2O4. The van der Waals surface area contributed by atoms with Crippen LogP contribution in [0.15, 0.2) is 48.8 Å². The summed E-state index contributed by atoms with van der Waals surface area (Å²) >= 11 is 0. The van der Waals surface area contributed by atoms with Crippen LogP contribution in [-0.2, 0) is 19.1 Å². The zero-order valence-electron chi connectivity index (χ0n) is 13.2. The average molecular weight is 316 g/mol. The number of nitrogens with zero attached hydrogens (tertiary/aromatic N) is 2. The molecule has 0 saturated heterocycles. The van der Waals surface area contributed by atoms with Crippen LogP contribution in [0.5, 0.6) is 0 Å². The zero-order chi connectivity index (χ0) is 16.7. The molecule has 0 aliphatic heterocycles. The minimum absolute atomic E-state index is 0.190. The summed E-state index contributed by atoms with van der Waals surface area (Å²) in [5.41, 5.74) is 0.780. The highest BCUT2D eigenvalue weighted by molar-refractivity contribution is 5.96. The summed E-state index contributed by atoms with van der Waals surface area (Å²) in [6.45, 7) is 3.78. The Hall–Kier alpha value is -2.63. The monoisotopic (exact) mass is 316 g/mol. The molecule has 0 bridgehead atoms.